The Balaban J connectivity index is 0.000000211. The zero-order valence-corrected chi connectivity index (χ0v) is 12.7. The van der Waals surface area contributed by atoms with Crippen LogP contribution in [0.3, 0.4) is 0 Å². The molecule has 4 nitrogen and oxygen atoms in total. The highest BCUT2D eigenvalue weighted by Crippen LogP contribution is 2.10. The fourth-order valence-corrected chi connectivity index (χ4v) is 1.97. The average molecular weight is 323 g/mol. The van der Waals surface area contributed by atoms with E-state index in [-0.39, 0.29) is 10.7 Å². The van der Waals surface area contributed by atoms with Gasteiger partial charge in [0, 0.05) is 10.8 Å². The first-order chi connectivity index (χ1) is 9.99. The number of aromatic carboxylic acids is 1. The smallest absolute Gasteiger partial charge is 0.335 e. The Morgan fingerprint density at radius 2 is 1.71 bits per heavy atom. The van der Waals surface area contributed by atoms with Crippen molar-refractivity contribution in [3.05, 3.63) is 70.7 Å². The van der Waals surface area contributed by atoms with Crippen molar-refractivity contribution in [1.82, 2.24) is 0 Å². The van der Waals surface area contributed by atoms with Crippen LogP contribution in [-0.4, -0.2) is 16.2 Å². The predicted molar refractivity (Wildman–Crippen MR) is 88.1 cm³/mol. The number of carbonyl (C=O) groups is 1. The minimum atomic E-state index is -0.934. The molecular weight excluding hydrogens is 308 g/mol. The summed E-state index contributed by atoms with van der Waals surface area (Å²) in [5.74, 6) is -0.146. The zero-order valence-electron chi connectivity index (χ0n) is 11.1. The molecule has 4 N–H and O–H groups in total. The molecule has 2 aromatic rings. The lowest BCUT2D eigenvalue weighted by atomic mass is 10.2. The second-order valence-electron chi connectivity index (χ2n) is 3.95. The molecular formula is C15H15ClN2O2S. The van der Waals surface area contributed by atoms with E-state index in [9.17, 15) is 4.79 Å². The molecule has 0 unspecified atom stereocenters. The number of carboxylic acids is 1. The van der Waals surface area contributed by atoms with E-state index in [1.807, 2.05) is 30.3 Å². The topological polar surface area (TPSA) is 87.2 Å². The molecule has 0 spiro atoms. The third kappa shape index (κ3) is 7.39. The second kappa shape index (κ2) is 9.05. The third-order valence-corrected chi connectivity index (χ3v) is 3.37. The quantitative estimate of drug-likeness (QED) is 0.591. The van der Waals surface area contributed by atoms with Crippen molar-refractivity contribution in [2.75, 3.05) is 0 Å². The summed E-state index contributed by atoms with van der Waals surface area (Å²) in [4.78, 5) is 10.3. The maximum Gasteiger partial charge on any atom is 0.335 e. The summed E-state index contributed by atoms with van der Waals surface area (Å²) in [6, 6.07) is 16.0. The van der Waals surface area contributed by atoms with Crippen LogP contribution in [0, 0.1) is 5.41 Å². The number of carboxylic acid groups (broad SMARTS) is 1. The summed E-state index contributed by atoms with van der Waals surface area (Å²) >= 11 is 6.87. The molecule has 2 aromatic carbocycles. The van der Waals surface area contributed by atoms with Crippen LogP contribution in [0.25, 0.3) is 0 Å². The Hall–Kier alpha value is -1.98. The van der Waals surface area contributed by atoms with E-state index < -0.39 is 5.97 Å². The van der Waals surface area contributed by atoms with Crippen molar-refractivity contribution in [2.45, 2.75) is 5.75 Å². The van der Waals surface area contributed by atoms with Gasteiger partial charge in [-0.25, -0.2) is 4.79 Å². The van der Waals surface area contributed by atoms with Gasteiger partial charge in [0.15, 0.2) is 5.17 Å². The molecule has 0 aliphatic rings. The maximum atomic E-state index is 10.3. The summed E-state index contributed by atoms with van der Waals surface area (Å²) in [5.41, 5.74) is 6.64. The maximum absolute atomic E-state index is 10.3. The lowest BCUT2D eigenvalue weighted by molar-refractivity contribution is 0.0697. The van der Waals surface area contributed by atoms with Gasteiger partial charge < -0.3 is 10.8 Å². The SMILES string of the molecule is N=C(N)SCc1ccccc1.O=C(O)c1ccc(Cl)cc1. The van der Waals surface area contributed by atoms with Crippen LogP contribution in [0.2, 0.25) is 5.02 Å². The molecule has 0 aliphatic heterocycles. The zero-order chi connectivity index (χ0) is 15.7. The molecule has 0 heterocycles. The van der Waals surface area contributed by atoms with Gasteiger partial charge in [0.1, 0.15) is 0 Å². The van der Waals surface area contributed by atoms with Gasteiger partial charge in [0.2, 0.25) is 0 Å². The first-order valence-electron chi connectivity index (χ1n) is 5.98. The average Bonchev–Trinajstić information content (AvgIpc) is 2.47. The van der Waals surface area contributed by atoms with Gasteiger partial charge in [-0.05, 0) is 29.8 Å². The van der Waals surface area contributed by atoms with Gasteiger partial charge in [0.25, 0.3) is 0 Å². The second-order valence-corrected chi connectivity index (χ2v) is 5.40. The van der Waals surface area contributed by atoms with Crippen LogP contribution in [0.15, 0.2) is 54.6 Å². The minimum absolute atomic E-state index is 0.175. The van der Waals surface area contributed by atoms with Gasteiger partial charge >= 0.3 is 5.97 Å². The van der Waals surface area contributed by atoms with E-state index >= 15 is 0 Å². The molecule has 0 amide bonds. The number of thioether (sulfide) groups is 1. The van der Waals surface area contributed by atoms with Gasteiger partial charge in [-0.2, -0.15) is 0 Å². The van der Waals surface area contributed by atoms with Crippen molar-refractivity contribution < 1.29 is 9.90 Å². The van der Waals surface area contributed by atoms with Crippen LogP contribution >= 0.6 is 23.4 Å². The standard InChI is InChI=1S/C8H10N2S.C7H5ClO2/c9-8(10)11-6-7-4-2-1-3-5-7;8-6-3-1-5(2-4-6)7(9)10/h1-5H,6H2,(H3,9,10);1-4H,(H,9,10). The van der Waals surface area contributed by atoms with Gasteiger partial charge in [-0.1, -0.05) is 53.7 Å². The molecule has 0 fully saturated rings. The molecule has 0 aromatic heterocycles. The Morgan fingerprint density at radius 3 is 2.19 bits per heavy atom. The molecule has 0 aliphatic carbocycles. The fourth-order valence-electron chi connectivity index (χ4n) is 1.33. The normalized spacial score (nSPS) is 9.38. The lowest BCUT2D eigenvalue weighted by Crippen LogP contribution is -2.03. The first-order valence-corrected chi connectivity index (χ1v) is 7.35. The molecule has 0 radical (unpaired) electrons. The van der Waals surface area contributed by atoms with Crippen LogP contribution in [0.5, 0.6) is 0 Å². The highest BCUT2D eigenvalue weighted by Gasteiger charge is 1.99. The number of nitrogens with two attached hydrogens (primary N) is 1. The van der Waals surface area contributed by atoms with Crippen LogP contribution in [0.1, 0.15) is 15.9 Å². The minimum Gasteiger partial charge on any atom is -0.478 e. The molecule has 6 heteroatoms. The Labute approximate surface area is 132 Å². The lowest BCUT2D eigenvalue weighted by Gasteiger charge is -1.97. The summed E-state index contributed by atoms with van der Waals surface area (Å²) in [5, 5.41) is 16.1. The summed E-state index contributed by atoms with van der Waals surface area (Å²) in [6.07, 6.45) is 0. The molecule has 21 heavy (non-hydrogen) atoms. The molecule has 2 rings (SSSR count). The molecule has 0 atom stereocenters. The Morgan fingerprint density at radius 1 is 1.14 bits per heavy atom. The highest BCUT2D eigenvalue weighted by molar-refractivity contribution is 8.13. The van der Waals surface area contributed by atoms with E-state index in [0.29, 0.717) is 5.02 Å². The molecule has 0 saturated carbocycles. The van der Waals surface area contributed by atoms with Crippen molar-refractivity contribution in [3.8, 4) is 0 Å². The predicted octanol–water partition coefficient (Wildman–Crippen LogP) is 3.85. The van der Waals surface area contributed by atoms with Crippen molar-refractivity contribution in [1.29, 1.82) is 5.41 Å². The number of halogens is 1. The van der Waals surface area contributed by atoms with Crippen molar-refractivity contribution in [2.24, 2.45) is 5.73 Å². The van der Waals surface area contributed by atoms with E-state index in [0.717, 1.165) is 5.75 Å². The van der Waals surface area contributed by atoms with Crippen molar-refractivity contribution in [3.63, 3.8) is 0 Å². The monoisotopic (exact) mass is 322 g/mol. The fraction of sp³-hybridized carbons (Fsp3) is 0.0667. The van der Waals surface area contributed by atoms with E-state index in [4.69, 9.17) is 27.9 Å². The van der Waals surface area contributed by atoms with E-state index in [1.54, 1.807) is 12.1 Å². The number of rotatable bonds is 3. The highest BCUT2D eigenvalue weighted by atomic mass is 35.5. The third-order valence-electron chi connectivity index (χ3n) is 2.33. The number of hydrogen-bond donors (Lipinski definition) is 3. The summed E-state index contributed by atoms with van der Waals surface area (Å²) < 4.78 is 0. The van der Waals surface area contributed by atoms with Gasteiger partial charge in [-0.15, -0.1) is 0 Å². The number of amidine groups is 1. The van der Waals surface area contributed by atoms with Crippen LogP contribution in [-0.2, 0) is 5.75 Å². The van der Waals surface area contributed by atoms with Gasteiger partial charge in [0.05, 0.1) is 5.56 Å². The number of hydrogen-bond acceptors (Lipinski definition) is 3. The largest absolute Gasteiger partial charge is 0.478 e. The number of nitrogens with one attached hydrogen (secondary N) is 1. The van der Waals surface area contributed by atoms with E-state index in [1.165, 1.54) is 29.5 Å². The van der Waals surface area contributed by atoms with Crippen molar-refractivity contribution >= 4 is 34.5 Å². The Bertz CT molecular complexity index is 588. The molecule has 110 valence electrons. The van der Waals surface area contributed by atoms with Crippen LogP contribution in [0.4, 0.5) is 0 Å². The number of benzene rings is 2. The van der Waals surface area contributed by atoms with Crippen LogP contribution < -0.4 is 5.73 Å². The van der Waals surface area contributed by atoms with E-state index in [2.05, 4.69) is 0 Å². The first kappa shape index (κ1) is 17.1. The molecule has 0 bridgehead atoms. The van der Waals surface area contributed by atoms with Gasteiger partial charge in [-0.3, -0.25) is 5.41 Å². The molecule has 0 saturated heterocycles. The summed E-state index contributed by atoms with van der Waals surface area (Å²) in [6.45, 7) is 0. The Kier molecular flexibility index (Phi) is 7.36. The summed E-state index contributed by atoms with van der Waals surface area (Å²) in [7, 11) is 0.